The fourth-order valence-corrected chi connectivity index (χ4v) is 2.48. The highest BCUT2D eigenvalue weighted by atomic mass is 32.2. The fourth-order valence-electron chi connectivity index (χ4n) is 1.63. The number of carbonyl (C=O) groups excluding carboxylic acids is 2. The van der Waals surface area contributed by atoms with Crippen molar-refractivity contribution in [1.82, 2.24) is 4.98 Å². The predicted octanol–water partition coefficient (Wildman–Crippen LogP) is 3.02. The second kappa shape index (κ2) is 6.86. The van der Waals surface area contributed by atoms with Gasteiger partial charge in [0, 0.05) is 18.7 Å². The van der Waals surface area contributed by atoms with Crippen molar-refractivity contribution in [3.63, 3.8) is 0 Å². The van der Waals surface area contributed by atoms with E-state index >= 15 is 0 Å². The van der Waals surface area contributed by atoms with Gasteiger partial charge in [0.15, 0.2) is 5.78 Å². The van der Waals surface area contributed by atoms with Gasteiger partial charge in [0.2, 0.25) is 5.91 Å². The summed E-state index contributed by atoms with van der Waals surface area (Å²) in [6, 6.07) is 12.6. The quantitative estimate of drug-likeness (QED) is 0.678. The van der Waals surface area contributed by atoms with Crippen molar-refractivity contribution in [2.75, 3.05) is 11.1 Å². The molecule has 0 aliphatic heterocycles. The number of hydrogen-bond acceptors (Lipinski definition) is 4. The molecule has 102 valence electrons. The van der Waals surface area contributed by atoms with Gasteiger partial charge >= 0.3 is 0 Å². The molecule has 0 bridgehead atoms. The van der Waals surface area contributed by atoms with Gasteiger partial charge in [-0.1, -0.05) is 42.1 Å². The van der Waals surface area contributed by atoms with Crippen molar-refractivity contribution >= 4 is 29.1 Å². The van der Waals surface area contributed by atoms with E-state index in [1.165, 1.54) is 18.7 Å². The topological polar surface area (TPSA) is 59.1 Å². The van der Waals surface area contributed by atoms with E-state index in [9.17, 15) is 9.59 Å². The van der Waals surface area contributed by atoms with Crippen LogP contribution in [0.2, 0.25) is 0 Å². The van der Waals surface area contributed by atoms with Crippen molar-refractivity contribution < 1.29 is 9.59 Å². The Morgan fingerprint density at radius 3 is 2.60 bits per heavy atom. The van der Waals surface area contributed by atoms with Gasteiger partial charge in [-0.25, -0.2) is 4.98 Å². The summed E-state index contributed by atoms with van der Waals surface area (Å²) in [5.41, 5.74) is 1.31. The highest BCUT2D eigenvalue weighted by Gasteiger charge is 2.10. The Balaban J connectivity index is 2.04. The molecule has 2 aromatic rings. The van der Waals surface area contributed by atoms with Gasteiger partial charge < -0.3 is 5.32 Å². The van der Waals surface area contributed by atoms with Crippen molar-refractivity contribution in [2.45, 2.75) is 11.9 Å². The molecular formula is C15H14N2O2S. The number of thioether (sulfide) groups is 1. The molecule has 0 aliphatic carbocycles. The molecule has 1 aromatic carbocycles. The minimum atomic E-state index is -0.158. The van der Waals surface area contributed by atoms with Crippen LogP contribution in [0.25, 0.3) is 0 Å². The number of pyridine rings is 1. The van der Waals surface area contributed by atoms with Crippen molar-refractivity contribution in [2.24, 2.45) is 0 Å². The molecule has 0 atom stereocenters. The Kier molecular flexibility index (Phi) is 4.90. The van der Waals surface area contributed by atoms with Crippen LogP contribution in [0, 0.1) is 0 Å². The molecule has 1 amide bonds. The first-order chi connectivity index (χ1) is 9.66. The zero-order valence-corrected chi connectivity index (χ0v) is 11.8. The average Bonchev–Trinajstić information content (AvgIpc) is 2.46. The standard InChI is InChI=1S/C15H14N2O2S/c1-11(18)17-13-8-5-9-16-15(13)20-10-14(19)12-6-3-2-4-7-12/h2-9H,10H2,1H3,(H,17,18). The number of hydrogen-bond donors (Lipinski definition) is 1. The van der Waals surface area contributed by atoms with Gasteiger partial charge in [0.25, 0.3) is 0 Å². The van der Waals surface area contributed by atoms with E-state index in [0.717, 1.165) is 0 Å². The monoisotopic (exact) mass is 286 g/mol. The minimum absolute atomic E-state index is 0.0371. The molecule has 0 unspecified atom stereocenters. The first-order valence-corrected chi connectivity index (χ1v) is 7.09. The van der Waals surface area contributed by atoms with Crippen molar-refractivity contribution in [3.05, 3.63) is 54.2 Å². The van der Waals surface area contributed by atoms with E-state index in [-0.39, 0.29) is 17.4 Å². The summed E-state index contributed by atoms with van der Waals surface area (Å²) in [4.78, 5) is 27.3. The number of aromatic nitrogens is 1. The molecule has 0 aliphatic rings. The van der Waals surface area contributed by atoms with Crippen LogP contribution in [-0.4, -0.2) is 22.4 Å². The SMILES string of the molecule is CC(=O)Nc1cccnc1SCC(=O)c1ccccc1. The van der Waals surface area contributed by atoms with Crippen LogP contribution in [0.15, 0.2) is 53.7 Å². The summed E-state index contributed by atoms with van der Waals surface area (Å²) >= 11 is 1.32. The summed E-state index contributed by atoms with van der Waals surface area (Å²) in [7, 11) is 0. The third-order valence-corrected chi connectivity index (χ3v) is 3.52. The minimum Gasteiger partial charge on any atom is -0.324 e. The zero-order valence-electron chi connectivity index (χ0n) is 11.0. The highest BCUT2D eigenvalue weighted by molar-refractivity contribution is 8.00. The van der Waals surface area contributed by atoms with Crippen molar-refractivity contribution in [1.29, 1.82) is 0 Å². The molecule has 0 fully saturated rings. The smallest absolute Gasteiger partial charge is 0.221 e. The Morgan fingerprint density at radius 1 is 1.15 bits per heavy atom. The summed E-state index contributed by atoms with van der Waals surface area (Å²) in [5.74, 6) is 0.164. The van der Waals surface area contributed by atoms with Gasteiger partial charge in [-0.05, 0) is 12.1 Å². The number of nitrogens with zero attached hydrogens (tertiary/aromatic N) is 1. The summed E-state index contributed by atoms with van der Waals surface area (Å²) in [6.07, 6.45) is 1.64. The first kappa shape index (κ1) is 14.3. The van der Waals surface area contributed by atoms with Gasteiger partial charge in [0.1, 0.15) is 5.03 Å². The fraction of sp³-hybridized carbons (Fsp3) is 0.133. The Hall–Kier alpha value is -2.14. The van der Waals surface area contributed by atoms with Gasteiger partial charge in [-0.3, -0.25) is 9.59 Å². The average molecular weight is 286 g/mol. The lowest BCUT2D eigenvalue weighted by Gasteiger charge is -2.07. The largest absolute Gasteiger partial charge is 0.324 e. The lowest BCUT2D eigenvalue weighted by Crippen LogP contribution is -2.08. The van der Waals surface area contributed by atoms with Crippen LogP contribution in [0.5, 0.6) is 0 Å². The molecule has 0 spiro atoms. The molecule has 1 N–H and O–H groups in total. The number of ketones is 1. The van der Waals surface area contributed by atoms with Crippen LogP contribution in [0.4, 0.5) is 5.69 Å². The molecule has 20 heavy (non-hydrogen) atoms. The normalized spacial score (nSPS) is 10.1. The van der Waals surface area contributed by atoms with Gasteiger partial charge in [-0.2, -0.15) is 0 Å². The number of benzene rings is 1. The molecule has 0 saturated carbocycles. The van der Waals surface area contributed by atoms with Crippen LogP contribution < -0.4 is 5.32 Å². The third kappa shape index (κ3) is 3.93. The lowest BCUT2D eigenvalue weighted by atomic mass is 10.2. The molecule has 0 saturated heterocycles. The molecule has 1 aromatic heterocycles. The van der Waals surface area contributed by atoms with Crippen molar-refractivity contribution in [3.8, 4) is 0 Å². The number of amides is 1. The number of Topliss-reactive ketones (excluding diaryl/α,β-unsaturated/α-hetero) is 1. The van der Waals surface area contributed by atoms with Crippen LogP contribution >= 0.6 is 11.8 Å². The van der Waals surface area contributed by atoms with E-state index < -0.39 is 0 Å². The number of anilines is 1. The Bertz CT molecular complexity index is 614. The second-order valence-corrected chi connectivity index (χ2v) is 5.08. The van der Waals surface area contributed by atoms with Crippen LogP contribution in [0.3, 0.4) is 0 Å². The number of rotatable bonds is 5. The summed E-state index contributed by atoms with van der Waals surface area (Å²) < 4.78 is 0. The third-order valence-electron chi connectivity index (χ3n) is 2.52. The van der Waals surface area contributed by atoms with Crippen LogP contribution in [-0.2, 0) is 4.79 Å². The molecule has 4 nitrogen and oxygen atoms in total. The maximum absolute atomic E-state index is 12.0. The maximum atomic E-state index is 12.0. The van der Waals surface area contributed by atoms with E-state index in [1.54, 1.807) is 30.5 Å². The summed E-state index contributed by atoms with van der Waals surface area (Å²) in [5, 5.41) is 3.35. The van der Waals surface area contributed by atoms with Gasteiger partial charge in [-0.15, -0.1) is 0 Å². The lowest BCUT2D eigenvalue weighted by molar-refractivity contribution is -0.114. The number of carbonyl (C=O) groups is 2. The van der Waals surface area contributed by atoms with E-state index in [4.69, 9.17) is 0 Å². The number of nitrogens with one attached hydrogen (secondary N) is 1. The van der Waals surface area contributed by atoms with E-state index in [0.29, 0.717) is 16.3 Å². The predicted molar refractivity (Wildman–Crippen MR) is 80.0 cm³/mol. The molecule has 1 heterocycles. The maximum Gasteiger partial charge on any atom is 0.221 e. The first-order valence-electron chi connectivity index (χ1n) is 6.10. The highest BCUT2D eigenvalue weighted by Crippen LogP contribution is 2.25. The molecule has 0 radical (unpaired) electrons. The van der Waals surface area contributed by atoms with E-state index in [2.05, 4.69) is 10.3 Å². The van der Waals surface area contributed by atoms with E-state index in [1.807, 2.05) is 18.2 Å². The second-order valence-electron chi connectivity index (χ2n) is 4.12. The van der Waals surface area contributed by atoms with Crippen LogP contribution in [0.1, 0.15) is 17.3 Å². The zero-order chi connectivity index (χ0) is 14.4. The summed E-state index contributed by atoms with van der Waals surface area (Å²) in [6.45, 7) is 1.44. The Labute approximate surface area is 121 Å². The van der Waals surface area contributed by atoms with Gasteiger partial charge in [0.05, 0.1) is 11.4 Å². The molecule has 2 rings (SSSR count). The molecule has 5 heteroatoms. The molecular weight excluding hydrogens is 272 g/mol. The Morgan fingerprint density at radius 2 is 1.90 bits per heavy atom.